The van der Waals surface area contributed by atoms with Crippen LogP contribution < -0.4 is 5.76 Å². The van der Waals surface area contributed by atoms with E-state index in [4.69, 9.17) is 5.11 Å². The van der Waals surface area contributed by atoms with Gasteiger partial charge in [0.2, 0.25) is 17.4 Å². The molecule has 13 heavy (non-hydrogen) atoms. The van der Waals surface area contributed by atoms with E-state index < -0.39 is 17.5 Å². The molecular formula is C7H4FNO4. The summed E-state index contributed by atoms with van der Waals surface area (Å²) in [6.07, 6.45) is 1.08. The summed E-state index contributed by atoms with van der Waals surface area (Å²) in [5.41, 5.74) is 0. The van der Waals surface area contributed by atoms with Crippen LogP contribution in [0.1, 0.15) is 0 Å². The summed E-state index contributed by atoms with van der Waals surface area (Å²) in [6, 6.07) is 1.04. The average Bonchev–Trinajstić information content (AvgIpc) is 2.58. The van der Waals surface area contributed by atoms with Crippen LogP contribution in [0.5, 0.6) is 5.88 Å². The highest BCUT2D eigenvalue weighted by atomic mass is 19.1. The maximum Gasteiger partial charge on any atom is 0.419 e. The normalized spacial score (nSPS) is 10.5. The van der Waals surface area contributed by atoms with Crippen molar-refractivity contribution in [2.45, 2.75) is 0 Å². The Hall–Kier alpha value is -1.98. The Morgan fingerprint density at radius 3 is 2.69 bits per heavy atom. The molecule has 0 saturated carbocycles. The number of aromatic hydroxyl groups is 1. The fraction of sp³-hybridized carbons (Fsp3) is 0. The fourth-order valence-electron chi connectivity index (χ4n) is 0.930. The standard InChI is InChI=1S/C7H4FNO4/c8-3-1-2-12-4(3)5-6(10)9-7(11)13-5/h1-2,10H,(H,9,11). The molecule has 6 heteroatoms. The number of aromatic amines is 1. The zero-order valence-electron chi connectivity index (χ0n) is 6.20. The van der Waals surface area contributed by atoms with Gasteiger partial charge in [0.05, 0.1) is 6.26 Å². The third-order valence-electron chi connectivity index (χ3n) is 1.45. The van der Waals surface area contributed by atoms with Crippen LogP contribution in [0.2, 0.25) is 0 Å². The Morgan fingerprint density at radius 1 is 1.46 bits per heavy atom. The molecule has 0 bridgehead atoms. The van der Waals surface area contributed by atoms with Gasteiger partial charge in [-0.1, -0.05) is 0 Å². The minimum absolute atomic E-state index is 0.309. The smallest absolute Gasteiger partial charge is 0.419 e. The molecule has 0 aromatic carbocycles. The van der Waals surface area contributed by atoms with Gasteiger partial charge in [0.15, 0.2) is 5.82 Å². The number of hydrogen-bond acceptors (Lipinski definition) is 4. The van der Waals surface area contributed by atoms with E-state index in [-0.39, 0.29) is 11.5 Å². The van der Waals surface area contributed by atoms with Crippen LogP contribution in [0, 0.1) is 5.82 Å². The van der Waals surface area contributed by atoms with Crippen molar-refractivity contribution in [2.24, 2.45) is 0 Å². The highest BCUT2D eigenvalue weighted by Gasteiger charge is 2.18. The summed E-state index contributed by atoms with van der Waals surface area (Å²) in [4.78, 5) is 12.5. The minimum atomic E-state index is -0.872. The second kappa shape index (κ2) is 2.51. The second-order valence-corrected chi connectivity index (χ2v) is 2.29. The third kappa shape index (κ3) is 1.12. The molecule has 0 radical (unpaired) electrons. The molecule has 0 saturated heterocycles. The summed E-state index contributed by atoms with van der Waals surface area (Å²) in [6.45, 7) is 0. The largest absolute Gasteiger partial charge is 0.492 e. The van der Waals surface area contributed by atoms with Crippen molar-refractivity contribution < 1.29 is 18.3 Å². The average molecular weight is 185 g/mol. The van der Waals surface area contributed by atoms with Crippen LogP contribution in [0.25, 0.3) is 11.5 Å². The van der Waals surface area contributed by atoms with E-state index in [0.717, 1.165) is 12.3 Å². The first-order valence-corrected chi connectivity index (χ1v) is 3.34. The minimum Gasteiger partial charge on any atom is -0.492 e. The predicted molar refractivity (Wildman–Crippen MR) is 38.7 cm³/mol. The molecule has 2 rings (SSSR count). The van der Waals surface area contributed by atoms with Crippen molar-refractivity contribution in [1.82, 2.24) is 4.98 Å². The summed E-state index contributed by atoms with van der Waals surface area (Å²) in [5, 5.41) is 9.05. The van der Waals surface area contributed by atoms with Gasteiger partial charge in [-0.2, -0.15) is 0 Å². The highest BCUT2D eigenvalue weighted by Crippen LogP contribution is 2.28. The number of oxazole rings is 1. The van der Waals surface area contributed by atoms with Gasteiger partial charge in [-0.3, -0.25) is 4.98 Å². The summed E-state index contributed by atoms with van der Waals surface area (Å²) in [5.74, 6) is -2.79. The molecule has 2 N–H and O–H groups in total. The molecule has 2 heterocycles. The first-order chi connectivity index (χ1) is 6.18. The molecule has 5 nitrogen and oxygen atoms in total. The van der Waals surface area contributed by atoms with Crippen molar-refractivity contribution in [3.05, 3.63) is 28.7 Å². The predicted octanol–water partition coefficient (Wildman–Crippen LogP) is 1.07. The van der Waals surface area contributed by atoms with Crippen LogP contribution in [-0.4, -0.2) is 10.1 Å². The molecule has 2 aromatic heterocycles. The molecule has 0 fully saturated rings. The number of aromatic nitrogens is 1. The number of rotatable bonds is 1. The lowest BCUT2D eigenvalue weighted by atomic mass is 10.3. The van der Waals surface area contributed by atoms with Crippen molar-refractivity contribution in [3.8, 4) is 17.4 Å². The second-order valence-electron chi connectivity index (χ2n) is 2.29. The van der Waals surface area contributed by atoms with Crippen molar-refractivity contribution >= 4 is 0 Å². The van der Waals surface area contributed by atoms with Crippen LogP contribution in [0.15, 0.2) is 26.0 Å². The van der Waals surface area contributed by atoms with Crippen molar-refractivity contribution in [2.75, 3.05) is 0 Å². The van der Waals surface area contributed by atoms with E-state index in [1.807, 2.05) is 4.98 Å². The van der Waals surface area contributed by atoms with Gasteiger partial charge in [-0.25, -0.2) is 9.18 Å². The molecule has 0 unspecified atom stereocenters. The van der Waals surface area contributed by atoms with Crippen molar-refractivity contribution in [3.63, 3.8) is 0 Å². The lowest BCUT2D eigenvalue weighted by Crippen LogP contribution is -1.92. The molecule has 0 aliphatic carbocycles. The van der Waals surface area contributed by atoms with E-state index in [2.05, 4.69) is 8.83 Å². The van der Waals surface area contributed by atoms with E-state index >= 15 is 0 Å². The fourth-order valence-corrected chi connectivity index (χ4v) is 0.930. The van der Waals surface area contributed by atoms with Crippen LogP contribution >= 0.6 is 0 Å². The topological polar surface area (TPSA) is 79.4 Å². The Bertz CT molecular complexity index is 481. The number of furan rings is 1. The zero-order chi connectivity index (χ0) is 9.42. The van der Waals surface area contributed by atoms with E-state index in [9.17, 15) is 9.18 Å². The van der Waals surface area contributed by atoms with Crippen LogP contribution in [0.4, 0.5) is 4.39 Å². The van der Waals surface area contributed by atoms with Crippen LogP contribution in [0.3, 0.4) is 0 Å². The third-order valence-corrected chi connectivity index (χ3v) is 1.45. The Kier molecular flexibility index (Phi) is 1.48. The number of hydrogen-bond donors (Lipinski definition) is 2. The lowest BCUT2D eigenvalue weighted by molar-refractivity contribution is 0.440. The maximum absolute atomic E-state index is 12.8. The summed E-state index contributed by atoms with van der Waals surface area (Å²) in [7, 11) is 0. The first-order valence-electron chi connectivity index (χ1n) is 3.34. The highest BCUT2D eigenvalue weighted by molar-refractivity contribution is 5.55. The quantitative estimate of drug-likeness (QED) is 0.696. The lowest BCUT2D eigenvalue weighted by Gasteiger charge is -1.89. The molecule has 0 amide bonds. The molecule has 68 valence electrons. The number of nitrogens with one attached hydrogen (secondary N) is 1. The van der Waals surface area contributed by atoms with Crippen LogP contribution in [-0.2, 0) is 0 Å². The monoisotopic (exact) mass is 185 g/mol. The number of halogens is 1. The maximum atomic E-state index is 12.8. The van der Waals surface area contributed by atoms with Gasteiger partial charge < -0.3 is 13.9 Å². The first kappa shape index (κ1) is 7.66. The number of H-pyrrole nitrogens is 1. The molecule has 0 atom stereocenters. The Morgan fingerprint density at radius 2 is 2.23 bits per heavy atom. The van der Waals surface area contributed by atoms with Gasteiger partial charge in [-0.05, 0) is 0 Å². The van der Waals surface area contributed by atoms with Crippen molar-refractivity contribution in [1.29, 1.82) is 0 Å². The molecular weight excluding hydrogens is 181 g/mol. The SMILES string of the molecule is O=c1[nH]c(O)c(-c2occc2F)o1. The molecule has 0 spiro atoms. The Balaban J connectivity index is 2.65. The molecule has 0 aliphatic rings. The van der Waals surface area contributed by atoms with E-state index in [1.165, 1.54) is 0 Å². The van der Waals surface area contributed by atoms with E-state index in [0.29, 0.717) is 0 Å². The van der Waals surface area contributed by atoms with Gasteiger partial charge >= 0.3 is 5.76 Å². The summed E-state index contributed by atoms with van der Waals surface area (Å²) < 4.78 is 21.9. The molecule has 0 aliphatic heterocycles. The van der Waals surface area contributed by atoms with Gasteiger partial charge in [0, 0.05) is 6.07 Å². The van der Waals surface area contributed by atoms with Gasteiger partial charge in [0.25, 0.3) is 0 Å². The molecule has 2 aromatic rings. The van der Waals surface area contributed by atoms with E-state index in [1.54, 1.807) is 0 Å². The zero-order valence-corrected chi connectivity index (χ0v) is 6.20. The van der Waals surface area contributed by atoms with Gasteiger partial charge in [-0.15, -0.1) is 0 Å². The van der Waals surface area contributed by atoms with Gasteiger partial charge in [0.1, 0.15) is 0 Å². The Labute approximate surface area is 70.4 Å². The summed E-state index contributed by atoms with van der Waals surface area (Å²) >= 11 is 0.